The monoisotopic (exact) mass is 359 g/mol. The van der Waals surface area contributed by atoms with Crippen LogP contribution in [0.1, 0.15) is 0 Å². The van der Waals surface area contributed by atoms with Crippen LogP contribution in [0.25, 0.3) is 0 Å². The quantitative estimate of drug-likeness (QED) is 0.226. The van der Waals surface area contributed by atoms with Crippen LogP contribution in [-0.2, 0) is 4.74 Å². The Hall–Kier alpha value is 0.0500. The molecule has 0 rings (SSSR count). The standard InChI is InChI=1S/C10H21N3OS.HI/c1-4-8-15-9-6-13-10(11-2)12-5-7-14-3;/h4H,1,5-9H2,2-3H3,(H2,11,12,13);1H. The molecule has 0 radical (unpaired) electrons. The average molecular weight is 359 g/mol. The molecule has 0 atom stereocenters. The summed E-state index contributed by atoms with van der Waals surface area (Å²) < 4.78 is 4.93. The molecular formula is C10H22IN3OS. The summed E-state index contributed by atoms with van der Waals surface area (Å²) in [5.41, 5.74) is 0. The van der Waals surface area contributed by atoms with Gasteiger partial charge in [0.25, 0.3) is 0 Å². The molecule has 16 heavy (non-hydrogen) atoms. The van der Waals surface area contributed by atoms with Gasteiger partial charge in [-0.15, -0.1) is 30.6 Å². The van der Waals surface area contributed by atoms with Gasteiger partial charge >= 0.3 is 0 Å². The molecular weight excluding hydrogens is 337 g/mol. The number of nitrogens with one attached hydrogen (secondary N) is 2. The zero-order valence-corrected chi connectivity index (χ0v) is 13.1. The first-order chi connectivity index (χ1) is 7.35. The number of halogens is 1. The van der Waals surface area contributed by atoms with E-state index in [-0.39, 0.29) is 24.0 Å². The van der Waals surface area contributed by atoms with E-state index in [0.29, 0.717) is 6.61 Å². The van der Waals surface area contributed by atoms with Crippen molar-refractivity contribution in [3.8, 4) is 0 Å². The molecule has 0 aliphatic carbocycles. The summed E-state index contributed by atoms with van der Waals surface area (Å²) in [4.78, 5) is 4.09. The number of nitrogens with zero attached hydrogens (tertiary/aromatic N) is 1. The van der Waals surface area contributed by atoms with Crippen LogP contribution >= 0.6 is 35.7 Å². The van der Waals surface area contributed by atoms with Crippen molar-refractivity contribution in [3.63, 3.8) is 0 Å². The van der Waals surface area contributed by atoms with Gasteiger partial charge in [-0.05, 0) is 0 Å². The molecule has 0 aromatic carbocycles. The number of methoxy groups -OCH3 is 1. The molecule has 0 aliphatic heterocycles. The maximum atomic E-state index is 4.93. The Balaban J connectivity index is 0. The number of ether oxygens (including phenoxy) is 1. The molecule has 0 aliphatic rings. The lowest BCUT2D eigenvalue weighted by Gasteiger charge is -2.10. The number of hydrogen-bond acceptors (Lipinski definition) is 3. The van der Waals surface area contributed by atoms with Crippen molar-refractivity contribution in [2.45, 2.75) is 0 Å². The van der Waals surface area contributed by atoms with Gasteiger partial charge in [-0.1, -0.05) is 6.08 Å². The first-order valence-corrected chi connectivity index (χ1v) is 6.12. The highest BCUT2D eigenvalue weighted by atomic mass is 127. The van der Waals surface area contributed by atoms with E-state index in [1.54, 1.807) is 14.2 Å². The molecule has 0 bridgehead atoms. The largest absolute Gasteiger partial charge is 0.383 e. The fourth-order valence-electron chi connectivity index (χ4n) is 0.900. The van der Waals surface area contributed by atoms with Crippen LogP contribution in [0, 0.1) is 0 Å². The summed E-state index contributed by atoms with van der Waals surface area (Å²) in [6.45, 7) is 6.04. The van der Waals surface area contributed by atoms with Crippen LogP contribution in [0.4, 0.5) is 0 Å². The number of hydrogen-bond donors (Lipinski definition) is 2. The molecule has 0 saturated heterocycles. The SMILES string of the molecule is C=CCSCCNC(=NC)NCCOC.I. The Labute approximate surface area is 120 Å². The minimum Gasteiger partial charge on any atom is -0.383 e. The van der Waals surface area contributed by atoms with Gasteiger partial charge < -0.3 is 15.4 Å². The first-order valence-electron chi connectivity index (χ1n) is 4.97. The molecule has 0 aromatic rings. The van der Waals surface area contributed by atoms with E-state index in [1.807, 2.05) is 17.8 Å². The lowest BCUT2D eigenvalue weighted by atomic mass is 10.6. The first kappa shape index (κ1) is 18.4. The summed E-state index contributed by atoms with van der Waals surface area (Å²) in [6.07, 6.45) is 1.91. The second-order valence-corrected chi connectivity index (χ2v) is 3.93. The Morgan fingerprint density at radius 1 is 1.44 bits per heavy atom. The van der Waals surface area contributed by atoms with Crippen molar-refractivity contribution >= 4 is 41.7 Å². The molecule has 0 saturated carbocycles. The second-order valence-electron chi connectivity index (χ2n) is 2.78. The molecule has 96 valence electrons. The van der Waals surface area contributed by atoms with Crippen molar-refractivity contribution < 1.29 is 4.74 Å². The van der Waals surface area contributed by atoms with Gasteiger partial charge in [0.15, 0.2) is 5.96 Å². The number of aliphatic imine (C=N–C) groups is 1. The fourth-order valence-corrected chi connectivity index (χ4v) is 1.48. The third-order valence-corrected chi connectivity index (χ3v) is 2.56. The van der Waals surface area contributed by atoms with Crippen molar-refractivity contribution in [3.05, 3.63) is 12.7 Å². The molecule has 2 N–H and O–H groups in total. The smallest absolute Gasteiger partial charge is 0.191 e. The van der Waals surface area contributed by atoms with Gasteiger partial charge in [0, 0.05) is 38.8 Å². The lowest BCUT2D eigenvalue weighted by molar-refractivity contribution is 0.203. The average Bonchev–Trinajstić information content (AvgIpc) is 2.26. The second kappa shape index (κ2) is 15.0. The van der Waals surface area contributed by atoms with Crippen molar-refractivity contribution in [2.24, 2.45) is 4.99 Å². The van der Waals surface area contributed by atoms with Gasteiger partial charge in [0.2, 0.25) is 0 Å². The third kappa shape index (κ3) is 12.1. The van der Waals surface area contributed by atoms with Crippen LogP contribution in [-0.4, -0.2) is 51.3 Å². The predicted octanol–water partition coefficient (Wildman–Crippen LogP) is 1.33. The Morgan fingerprint density at radius 2 is 2.12 bits per heavy atom. The zero-order valence-electron chi connectivity index (χ0n) is 9.99. The molecule has 4 nitrogen and oxygen atoms in total. The molecule has 0 amide bonds. The minimum absolute atomic E-state index is 0. The molecule has 0 heterocycles. The van der Waals surface area contributed by atoms with Crippen LogP contribution < -0.4 is 10.6 Å². The topological polar surface area (TPSA) is 45.7 Å². The molecule has 0 aromatic heterocycles. The van der Waals surface area contributed by atoms with E-state index < -0.39 is 0 Å². The van der Waals surface area contributed by atoms with Gasteiger partial charge in [-0.2, -0.15) is 11.8 Å². The van der Waals surface area contributed by atoms with E-state index in [0.717, 1.165) is 30.6 Å². The lowest BCUT2D eigenvalue weighted by Crippen LogP contribution is -2.39. The van der Waals surface area contributed by atoms with Gasteiger partial charge in [0.1, 0.15) is 0 Å². The Morgan fingerprint density at radius 3 is 2.69 bits per heavy atom. The predicted molar refractivity (Wildman–Crippen MR) is 84.2 cm³/mol. The molecule has 6 heteroatoms. The maximum Gasteiger partial charge on any atom is 0.191 e. The summed E-state index contributed by atoms with van der Waals surface area (Å²) in [7, 11) is 3.45. The highest BCUT2D eigenvalue weighted by Crippen LogP contribution is 1.96. The highest BCUT2D eigenvalue weighted by molar-refractivity contribution is 14.0. The van der Waals surface area contributed by atoms with Crippen LogP contribution in [0.3, 0.4) is 0 Å². The number of rotatable bonds is 8. The fraction of sp³-hybridized carbons (Fsp3) is 0.700. The van der Waals surface area contributed by atoms with E-state index in [2.05, 4.69) is 22.2 Å². The number of thioether (sulfide) groups is 1. The summed E-state index contributed by atoms with van der Waals surface area (Å²) in [5.74, 6) is 2.88. The Kier molecular flexibility index (Phi) is 17.3. The molecule has 0 unspecified atom stereocenters. The van der Waals surface area contributed by atoms with E-state index in [4.69, 9.17) is 4.74 Å². The molecule has 0 spiro atoms. The molecule has 0 fully saturated rings. The maximum absolute atomic E-state index is 4.93. The van der Waals surface area contributed by atoms with Gasteiger partial charge in [-0.3, -0.25) is 4.99 Å². The van der Waals surface area contributed by atoms with Crippen LogP contribution in [0.15, 0.2) is 17.6 Å². The summed E-state index contributed by atoms with van der Waals surface area (Å²) in [6, 6.07) is 0. The summed E-state index contributed by atoms with van der Waals surface area (Å²) in [5, 5.41) is 6.36. The van der Waals surface area contributed by atoms with Crippen LogP contribution in [0.2, 0.25) is 0 Å². The van der Waals surface area contributed by atoms with E-state index in [1.165, 1.54) is 0 Å². The van der Waals surface area contributed by atoms with E-state index >= 15 is 0 Å². The van der Waals surface area contributed by atoms with Crippen LogP contribution in [0.5, 0.6) is 0 Å². The Bertz CT molecular complexity index is 191. The van der Waals surface area contributed by atoms with E-state index in [9.17, 15) is 0 Å². The third-order valence-electron chi connectivity index (χ3n) is 1.60. The minimum atomic E-state index is 0. The normalized spacial score (nSPS) is 10.5. The summed E-state index contributed by atoms with van der Waals surface area (Å²) >= 11 is 1.85. The van der Waals surface area contributed by atoms with Crippen molar-refractivity contribution in [2.75, 3.05) is 45.4 Å². The van der Waals surface area contributed by atoms with Crippen molar-refractivity contribution in [1.29, 1.82) is 0 Å². The number of guanidine groups is 1. The van der Waals surface area contributed by atoms with Gasteiger partial charge in [0.05, 0.1) is 6.61 Å². The van der Waals surface area contributed by atoms with Gasteiger partial charge in [-0.25, -0.2) is 0 Å². The zero-order chi connectivity index (χ0) is 11.4. The van der Waals surface area contributed by atoms with Crippen molar-refractivity contribution in [1.82, 2.24) is 10.6 Å². The highest BCUT2D eigenvalue weighted by Gasteiger charge is 1.94.